The zero-order chi connectivity index (χ0) is 11.8. The Kier molecular flexibility index (Phi) is 7.39. The van der Waals surface area contributed by atoms with Crippen molar-refractivity contribution in [2.45, 2.75) is 46.6 Å². The number of carbonyl (C=O) groups is 1. The van der Waals surface area contributed by atoms with Gasteiger partial charge >= 0.3 is 0 Å². The minimum atomic E-state index is 0.153. The van der Waals surface area contributed by atoms with E-state index in [1.807, 2.05) is 39.6 Å². The molecule has 0 bridgehead atoms. The van der Waals surface area contributed by atoms with Gasteiger partial charge in [0.05, 0.1) is 6.04 Å². The van der Waals surface area contributed by atoms with Gasteiger partial charge in [0.25, 0.3) is 0 Å². The molecule has 90 valence electrons. The summed E-state index contributed by atoms with van der Waals surface area (Å²) in [5, 5.41) is 0. The molecule has 0 aliphatic carbocycles. The van der Waals surface area contributed by atoms with Gasteiger partial charge in [-0.25, -0.2) is 0 Å². The molecule has 0 aromatic carbocycles. The van der Waals surface area contributed by atoms with Crippen LogP contribution in [0.3, 0.4) is 0 Å². The lowest BCUT2D eigenvalue weighted by Gasteiger charge is -2.26. The molecule has 1 saturated heterocycles. The summed E-state index contributed by atoms with van der Waals surface area (Å²) in [5.74, 6) is 0.310. The van der Waals surface area contributed by atoms with Crippen LogP contribution in [0.25, 0.3) is 0 Å². The third-order valence-electron chi connectivity index (χ3n) is 2.88. The monoisotopic (exact) mass is 214 g/mol. The molecule has 1 fully saturated rings. The van der Waals surface area contributed by atoms with Gasteiger partial charge in [0.2, 0.25) is 5.91 Å². The van der Waals surface area contributed by atoms with E-state index in [2.05, 4.69) is 4.90 Å². The number of likely N-dealkylation sites (tertiary alicyclic amines) is 1. The quantitative estimate of drug-likeness (QED) is 0.717. The van der Waals surface area contributed by atoms with Crippen LogP contribution in [0.1, 0.15) is 40.5 Å². The summed E-state index contributed by atoms with van der Waals surface area (Å²) in [5.41, 5.74) is 0. The second kappa shape index (κ2) is 7.69. The molecule has 3 nitrogen and oxygen atoms in total. The van der Waals surface area contributed by atoms with Crippen molar-refractivity contribution in [3.8, 4) is 0 Å². The van der Waals surface area contributed by atoms with Gasteiger partial charge in [0.1, 0.15) is 0 Å². The molecule has 0 radical (unpaired) electrons. The van der Waals surface area contributed by atoms with Crippen LogP contribution >= 0.6 is 0 Å². The van der Waals surface area contributed by atoms with Crippen molar-refractivity contribution in [2.24, 2.45) is 0 Å². The van der Waals surface area contributed by atoms with Gasteiger partial charge in [-0.05, 0) is 40.3 Å². The number of hydrogen-bond acceptors (Lipinski definition) is 2. The first-order valence-corrected chi connectivity index (χ1v) is 6.19. The van der Waals surface area contributed by atoms with E-state index >= 15 is 0 Å². The molecule has 0 N–H and O–H groups in total. The molecular formula is C12H26N2O. The molecule has 1 aliphatic heterocycles. The topological polar surface area (TPSA) is 23.6 Å². The van der Waals surface area contributed by atoms with E-state index in [9.17, 15) is 4.79 Å². The van der Waals surface area contributed by atoms with E-state index in [1.54, 1.807) is 0 Å². The first-order valence-electron chi connectivity index (χ1n) is 6.19. The normalized spacial score (nSPS) is 20.7. The van der Waals surface area contributed by atoms with Gasteiger partial charge in [-0.3, -0.25) is 9.69 Å². The predicted octanol–water partition coefficient (Wildman–Crippen LogP) is 1.98. The molecule has 0 aromatic heterocycles. The lowest BCUT2D eigenvalue weighted by Crippen LogP contribution is -2.44. The molecular weight excluding hydrogens is 188 g/mol. The molecule has 0 saturated carbocycles. The van der Waals surface area contributed by atoms with Crippen molar-refractivity contribution in [2.75, 3.05) is 26.7 Å². The Labute approximate surface area is 94.4 Å². The van der Waals surface area contributed by atoms with Crippen LogP contribution in [0.2, 0.25) is 0 Å². The highest BCUT2D eigenvalue weighted by Gasteiger charge is 2.29. The largest absolute Gasteiger partial charge is 0.342 e. The van der Waals surface area contributed by atoms with E-state index in [0.717, 1.165) is 32.5 Å². The first kappa shape index (κ1) is 14.4. The Bertz CT molecular complexity index is 178. The molecule has 1 rings (SSSR count). The van der Waals surface area contributed by atoms with Gasteiger partial charge in [-0.1, -0.05) is 13.8 Å². The molecule has 1 unspecified atom stereocenters. The Morgan fingerprint density at radius 1 is 1.33 bits per heavy atom. The standard InChI is InChI=1S/C10H20N2O.C2H6/c1-4-12(5-2)10(13)9-7-6-8-11(9)3;1-2/h9H,4-8H2,1-3H3;1-2H3. The number of hydrogen-bond donors (Lipinski definition) is 0. The lowest BCUT2D eigenvalue weighted by atomic mass is 10.2. The molecule has 0 spiro atoms. The maximum absolute atomic E-state index is 11.9. The van der Waals surface area contributed by atoms with E-state index in [4.69, 9.17) is 0 Å². The minimum Gasteiger partial charge on any atom is -0.342 e. The van der Waals surface area contributed by atoms with Crippen molar-refractivity contribution < 1.29 is 4.79 Å². The van der Waals surface area contributed by atoms with Crippen LogP contribution in [0.5, 0.6) is 0 Å². The van der Waals surface area contributed by atoms with Crippen LogP contribution in [-0.2, 0) is 4.79 Å². The first-order chi connectivity index (χ1) is 7.20. The zero-order valence-corrected chi connectivity index (χ0v) is 10.9. The highest BCUT2D eigenvalue weighted by atomic mass is 16.2. The van der Waals surface area contributed by atoms with Gasteiger partial charge in [-0.15, -0.1) is 0 Å². The van der Waals surface area contributed by atoms with Crippen molar-refractivity contribution in [3.05, 3.63) is 0 Å². The van der Waals surface area contributed by atoms with Gasteiger partial charge in [-0.2, -0.15) is 0 Å². The van der Waals surface area contributed by atoms with Crippen molar-refractivity contribution >= 4 is 5.91 Å². The van der Waals surface area contributed by atoms with E-state index in [0.29, 0.717) is 5.91 Å². The average molecular weight is 214 g/mol. The number of rotatable bonds is 3. The highest BCUT2D eigenvalue weighted by Crippen LogP contribution is 2.16. The van der Waals surface area contributed by atoms with E-state index in [1.165, 1.54) is 0 Å². The second-order valence-electron chi connectivity index (χ2n) is 3.65. The third kappa shape index (κ3) is 3.82. The lowest BCUT2D eigenvalue weighted by molar-refractivity contribution is -0.135. The molecule has 1 atom stereocenters. The maximum Gasteiger partial charge on any atom is 0.239 e. The number of amides is 1. The third-order valence-corrected chi connectivity index (χ3v) is 2.88. The van der Waals surface area contributed by atoms with Crippen LogP contribution in [0.4, 0.5) is 0 Å². The zero-order valence-electron chi connectivity index (χ0n) is 10.9. The second-order valence-corrected chi connectivity index (χ2v) is 3.65. The molecule has 0 aromatic rings. The number of carbonyl (C=O) groups excluding carboxylic acids is 1. The summed E-state index contributed by atoms with van der Waals surface area (Å²) in [6, 6.07) is 0.153. The predicted molar refractivity (Wildman–Crippen MR) is 64.9 cm³/mol. The maximum atomic E-state index is 11.9. The Morgan fingerprint density at radius 2 is 1.87 bits per heavy atom. The fraction of sp³-hybridized carbons (Fsp3) is 0.917. The van der Waals surface area contributed by atoms with Crippen molar-refractivity contribution in [3.63, 3.8) is 0 Å². The highest BCUT2D eigenvalue weighted by molar-refractivity contribution is 5.82. The Hall–Kier alpha value is -0.570. The van der Waals surface area contributed by atoms with Crippen molar-refractivity contribution in [1.82, 2.24) is 9.80 Å². The van der Waals surface area contributed by atoms with Gasteiger partial charge in [0, 0.05) is 13.1 Å². The summed E-state index contributed by atoms with van der Waals surface area (Å²) < 4.78 is 0. The van der Waals surface area contributed by atoms with Gasteiger partial charge < -0.3 is 4.90 Å². The summed E-state index contributed by atoms with van der Waals surface area (Å²) >= 11 is 0. The minimum absolute atomic E-state index is 0.153. The Morgan fingerprint density at radius 3 is 2.20 bits per heavy atom. The van der Waals surface area contributed by atoms with E-state index < -0.39 is 0 Å². The van der Waals surface area contributed by atoms with Crippen molar-refractivity contribution in [1.29, 1.82) is 0 Å². The molecule has 1 heterocycles. The van der Waals surface area contributed by atoms with E-state index in [-0.39, 0.29) is 6.04 Å². The summed E-state index contributed by atoms with van der Waals surface area (Å²) in [6.45, 7) is 10.8. The molecule has 3 heteroatoms. The fourth-order valence-electron chi connectivity index (χ4n) is 1.97. The molecule has 1 aliphatic rings. The van der Waals surface area contributed by atoms with Gasteiger partial charge in [0.15, 0.2) is 0 Å². The number of likely N-dealkylation sites (N-methyl/N-ethyl adjacent to an activating group) is 2. The SMILES string of the molecule is CC.CCN(CC)C(=O)C1CCCN1C. The molecule has 1 amide bonds. The summed E-state index contributed by atoms with van der Waals surface area (Å²) in [6.07, 6.45) is 2.19. The van der Waals surface area contributed by atoms with Crippen LogP contribution in [-0.4, -0.2) is 48.4 Å². The summed E-state index contributed by atoms with van der Waals surface area (Å²) in [4.78, 5) is 16.0. The van der Waals surface area contributed by atoms with Crippen LogP contribution in [0, 0.1) is 0 Å². The average Bonchev–Trinajstić information content (AvgIpc) is 2.69. The summed E-state index contributed by atoms with van der Waals surface area (Å²) in [7, 11) is 2.04. The van der Waals surface area contributed by atoms with Crippen LogP contribution < -0.4 is 0 Å². The number of nitrogens with zero attached hydrogens (tertiary/aromatic N) is 2. The molecule has 15 heavy (non-hydrogen) atoms. The Balaban J connectivity index is 0.000000921. The van der Waals surface area contributed by atoms with Crippen LogP contribution in [0.15, 0.2) is 0 Å². The fourth-order valence-corrected chi connectivity index (χ4v) is 1.97. The smallest absolute Gasteiger partial charge is 0.239 e.